The SMILES string of the molecule is Cn1ccnc1[C@H](NC(=O)Cn1c(CS(C)(=O)=O)nc2ccccc21)c1cccc(F)c1. The molecule has 1 amide bonds. The molecule has 8 nitrogen and oxygen atoms in total. The third-order valence-electron chi connectivity index (χ3n) is 5.03. The van der Waals surface area contributed by atoms with E-state index in [4.69, 9.17) is 0 Å². The molecular formula is C22H22FN5O3S. The quantitative estimate of drug-likeness (QED) is 0.461. The van der Waals surface area contributed by atoms with Crippen LogP contribution in [-0.4, -0.2) is 39.7 Å². The van der Waals surface area contributed by atoms with E-state index in [1.807, 2.05) is 0 Å². The molecule has 0 saturated heterocycles. The molecule has 4 aromatic rings. The number of nitrogens with zero attached hydrogens (tertiary/aromatic N) is 4. The Balaban J connectivity index is 1.68. The lowest BCUT2D eigenvalue weighted by Crippen LogP contribution is -2.34. The average Bonchev–Trinajstić information content (AvgIpc) is 3.28. The lowest BCUT2D eigenvalue weighted by Gasteiger charge is -2.20. The summed E-state index contributed by atoms with van der Waals surface area (Å²) in [5, 5.41) is 2.91. The van der Waals surface area contributed by atoms with Crippen LogP contribution < -0.4 is 5.32 Å². The summed E-state index contributed by atoms with van der Waals surface area (Å²) < 4.78 is 41.0. The summed E-state index contributed by atoms with van der Waals surface area (Å²) in [6, 6.07) is 12.4. The van der Waals surface area contributed by atoms with Crippen LogP contribution in [0.1, 0.15) is 23.3 Å². The van der Waals surface area contributed by atoms with Crippen LogP contribution in [0, 0.1) is 5.82 Å². The third kappa shape index (κ3) is 4.70. The van der Waals surface area contributed by atoms with E-state index in [1.54, 1.807) is 65.0 Å². The summed E-state index contributed by atoms with van der Waals surface area (Å²) in [6.07, 6.45) is 4.46. The van der Waals surface area contributed by atoms with Crippen molar-refractivity contribution in [2.75, 3.05) is 6.26 Å². The standard InChI is InChI=1S/C22H22FN5O3S/c1-27-11-10-24-22(27)21(15-6-5-7-16(23)12-15)26-20(29)13-28-18-9-4-3-8-17(18)25-19(28)14-32(2,30)31/h3-12,21H,13-14H2,1-2H3,(H,26,29)/t21-/m1/s1. The number of hydrogen-bond acceptors (Lipinski definition) is 5. The van der Waals surface area contributed by atoms with Crippen LogP contribution >= 0.6 is 0 Å². The number of carbonyl (C=O) groups excluding carboxylic acids is 1. The number of sulfone groups is 1. The zero-order valence-corrected chi connectivity index (χ0v) is 18.4. The first-order valence-corrected chi connectivity index (χ1v) is 11.9. The van der Waals surface area contributed by atoms with E-state index in [0.29, 0.717) is 22.4 Å². The van der Waals surface area contributed by atoms with E-state index in [2.05, 4.69) is 15.3 Å². The van der Waals surface area contributed by atoms with Gasteiger partial charge in [-0.3, -0.25) is 4.79 Å². The monoisotopic (exact) mass is 455 g/mol. The van der Waals surface area contributed by atoms with Crippen LogP contribution in [0.5, 0.6) is 0 Å². The van der Waals surface area contributed by atoms with Crippen molar-refractivity contribution in [2.24, 2.45) is 7.05 Å². The lowest BCUT2D eigenvalue weighted by atomic mass is 10.1. The molecule has 32 heavy (non-hydrogen) atoms. The van der Waals surface area contributed by atoms with Gasteiger partial charge < -0.3 is 14.5 Å². The van der Waals surface area contributed by atoms with Gasteiger partial charge in [-0.1, -0.05) is 24.3 Å². The first-order chi connectivity index (χ1) is 15.2. The molecule has 0 aliphatic heterocycles. The number of carbonyl (C=O) groups is 1. The normalized spacial score (nSPS) is 12.7. The fourth-order valence-corrected chi connectivity index (χ4v) is 4.32. The van der Waals surface area contributed by atoms with Crippen molar-refractivity contribution < 1.29 is 17.6 Å². The molecule has 0 saturated carbocycles. The second-order valence-corrected chi connectivity index (χ2v) is 9.77. The maximum atomic E-state index is 13.9. The summed E-state index contributed by atoms with van der Waals surface area (Å²) in [7, 11) is -1.58. The van der Waals surface area contributed by atoms with Crippen molar-refractivity contribution >= 4 is 26.8 Å². The Bertz CT molecular complexity index is 1390. The number of benzene rings is 2. The summed E-state index contributed by atoms with van der Waals surface area (Å²) in [5.41, 5.74) is 1.80. The molecule has 1 atom stereocenters. The zero-order valence-electron chi connectivity index (χ0n) is 17.6. The van der Waals surface area contributed by atoms with E-state index in [0.717, 1.165) is 6.26 Å². The molecule has 0 fully saturated rings. The number of hydrogen-bond donors (Lipinski definition) is 1. The van der Waals surface area contributed by atoms with Gasteiger partial charge in [0.05, 0.1) is 11.0 Å². The van der Waals surface area contributed by atoms with Gasteiger partial charge in [-0.25, -0.2) is 22.8 Å². The van der Waals surface area contributed by atoms with Crippen LogP contribution in [0.25, 0.3) is 11.0 Å². The molecule has 0 aliphatic carbocycles. The van der Waals surface area contributed by atoms with Crippen LogP contribution in [0.4, 0.5) is 4.39 Å². The van der Waals surface area contributed by atoms with Crippen molar-refractivity contribution in [1.82, 2.24) is 24.4 Å². The first kappa shape index (κ1) is 21.7. The highest BCUT2D eigenvalue weighted by atomic mass is 32.2. The highest BCUT2D eigenvalue weighted by molar-refractivity contribution is 7.89. The Morgan fingerprint density at radius 1 is 1.19 bits per heavy atom. The Morgan fingerprint density at radius 2 is 1.97 bits per heavy atom. The molecule has 0 bridgehead atoms. The molecule has 2 heterocycles. The van der Waals surface area contributed by atoms with Gasteiger partial charge in [0.2, 0.25) is 5.91 Å². The predicted molar refractivity (Wildman–Crippen MR) is 118 cm³/mol. The Labute approximate surface area is 184 Å². The van der Waals surface area contributed by atoms with Gasteiger partial charge >= 0.3 is 0 Å². The minimum absolute atomic E-state index is 0.151. The van der Waals surface area contributed by atoms with Crippen molar-refractivity contribution in [3.8, 4) is 0 Å². The maximum absolute atomic E-state index is 13.9. The largest absolute Gasteiger partial charge is 0.341 e. The van der Waals surface area contributed by atoms with Crippen LogP contribution in [0.2, 0.25) is 0 Å². The minimum atomic E-state index is -3.37. The minimum Gasteiger partial charge on any atom is -0.341 e. The van der Waals surface area contributed by atoms with Gasteiger partial charge in [-0.15, -0.1) is 0 Å². The third-order valence-corrected chi connectivity index (χ3v) is 5.81. The van der Waals surface area contributed by atoms with Crippen molar-refractivity contribution in [3.63, 3.8) is 0 Å². The number of fused-ring (bicyclic) bond motifs is 1. The lowest BCUT2D eigenvalue weighted by molar-refractivity contribution is -0.122. The average molecular weight is 456 g/mol. The molecule has 2 aromatic heterocycles. The van der Waals surface area contributed by atoms with E-state index >= 15 is 0 Å². The van der Waals surface area contributed by atoms with Gasteiger partial charge in [0.25, 0.3) is 0 Å². The summed E-state index contributed by atoms with van der Waals surface area (Å²) in [5.74, 6) is -0.284. The molecule has 10 heteroatoms. The highest BCUT2D eigenvalue weighted by Gasteiger charge is 2.23. The van der Waals surface area contributed by atoms with Crippen LogP contribution in [0.3, 0.4) is 0 Å². The summed E-state index contributed by atoms with van der Waals surface area (Å²) in [6.45, 7) is -0.151. The van der Waals surface area contributed by atoms with Gasteiger partial charge in [0.1, 0.15) is 35.8 Å². The number of aromatic nitrogens is 4. The molecule has 0 spiro atoms. The number of halogens is 1. The van der Waals surface area contributed by atoms with Crippen molar-refractivity contribution in [3.05, 3.63) is 84.0 Å². The predicted octanol–water partition coefficient (Wildman–Crippen LogP) is 2.36. The van der Waals surface area contributed by atoms with E-state index in [1.165, 1.54) is 12.1 Å². The second kappa shape index (κ2) is 8.54. The van der Waals surface area contributed by atoms with Crippen LogP contribution in [-0.2, 0) is 34.0 Å². The highest BCUT2D eigenvalue weighted by Crippen LogP contribution is 2.22. The molecule has 1 N–H and O–H groups in total. The van der Waals surface area contributed by atoms with Crippen molar-refractivity contribution in [1.29, 1.82) is 0 Å². The summed E-state index contributed by atoms with van der Waals surface area (Å²) in [4.78, 5) is 21.8. The molecule has 166 valence electrons. The Morgan fingerprint density at radius 3 is 2.66 bits per heavy atom. The smallest absolute Gasteiger partial charge is 0.240 e. The molecule has 0 aliphatic rings. The topological polar surface area (TPSA) is 98.9 Å². The van der Waals surface area contributed by atoms with E-state index in [-0.39, 0.29) is 24.0 Å². The van der Waals surface area contributed by atoms with Gasteiger partial charge in [0.15, 0.2) is 9.84 Å². The number of imidazole rings is 2. The zero-order chi connectivity index (χ0) is 22.9. The number of amides is 1. The van der Waals surface area contributed by atoms with Gasteiger partial charge in [-0.05, 0) is 29.8 Å². The van der Waals surface area contributed by atoms with E-state index in [9.17, 15) is 17.6 Å². The number of aryl methyl sites for hydroxylation is 1. The molecule has 0 radical (unpaired) electrons. The number of nitrogens with one attached hydrogen (secondary N) is 1. The van der Waals surface area contributed by atoms with Gasteiger partial charge in [-0.2, -0.15) is 0 Å². The molecular weight excluding hydrogens is 433 g/mol. The Kier molecular flexibility index (Phi) is 5.79. The van der Waals surface area contributed by atoms with Crippen molar-refractivity contribution in [2.45, 2.75) is 18.3 Å². The van der Waals surface area contributed by atoms with Crippen LogP contribution in [0.15, 0.2) is 60.9 Å². The van der Waals surface area contributed by atoms with E-state index < -0.39 is 21.7 Å². The Hall–Kier alpha value is -3.53. The second-order valence-electron chi connectivity index (χ2n) is 7.62. The molecule has 0 unspecified atom stereocenters. The number of para-hydroxylation sites is 2. The molecule has 4 rings (SSSR count). The number of rotatable bonds is 7. The fourth-order valence-electron chi connectivity index (χ4n) is 3.64. The first-order valence-electron chi connectivity index (χ1n) is 9.85. The fraction of sp³-hybridized carbons (Fsp3) is 0.227. The molecule has 2 aromatic carbocycles. The maximum Gasteiger partial charge on any atom is 0.240 e. The van der Waals surface area contributed by atoms with Gasteiger partial charge in [0, 0.05) is 25.7 Å². The summed E-state index contributed by atoms with van der Waals surface area (Å²) >= 11 is 0.